The minimum absolute atomic E-state index is 0.420. The van der Waals surface area contributed by atoms with E-state index in [1.807, 2.05) is 12.1 Å². The molecule has 0 unspecified atom stereocenters. The largest absolute Gasteiger partial charge is 0.487 e. The molecule has 3 heterocycles. The van der Waals surface area contributed by atoms with Crippen molar-refractivity contribution in [3.8, 4) is 5.75 Å². The van der Waals surface area contributed by atoms with Crippen LogP contribution in [0.2, 0.25) is 0 Å². The summed E-state index contributed by atoms with van der Waals surface area (Å²) >= 11 is 0. The van der Waals surface area contributed by atoms with Crippen molar-refractivity contribution in [3.05, 3.63) is 48.0 Å². The van der Waals surface area contributed by atoms with E-state index in [9.17, 15) is 0 Å². The van der Waals surface area contributed by atoms with E-state index in [1.165, 1.54) is 37.0 Å². The Kier molecular flexibility index (Phi) is 3.56. The molecule has 1 N–H and O–H groups in total. The normalized spacial score (nSPS) is 15.6. The van der Waals surface area contributed by atoms with Crippen molar-refractivity contribution in [1.82, 2.24) is 15.0 Å². The molecule has 2 aromatic heterocycles. The average Bonchev–Trinajstić information content (AvgIpc) is 3.26. The quantitative estimate of drug-likeness (QED) is 0.785. The highest BCUT2D eigenvalue weighted by molar-refractivity contribution is 5.81. The van der Waals surface area contributed by atoms with Gasteiger partial charge in [0.05, 0.1) is 0 Å². The van der Waals surface area contributed by atoms with Gasteiger partial charge in [-0.25, -0.2) is 0 Å². The Morgan fingerprint density at radius 3 is 2.91 bits per heavy atom. The number of aromatic nitrogens is 2. The van der Waals surface area contributed by atoms with Crippen LogP contribution < -0.4 is 4.74 Å². The summed E-state index contributed by atoms with van der Waals surface area (Å²) in [5.74, 6) is 0.838. The molecule has 0 atom stereocenters. The van der Waals surface area contributed by atoms with Crippen LogP contribution in [0.4, 0.5) is 0 Å². The van der Waals surface area contributed by atoms with E-state index in [0.717, 1.165) is 23.5 Å². The van der Waals surface area contributed by atoms with Gasteiger partial charge in [-0.05, 0) is 49.5 Å². The first-order chi connectivity index (χ1) is 10.9. The molecule has 1 saturated heterocycles. The molecule has 5 nitrogen and oxygen atoms in total. The Morgan fingerprint density at radius 2 is 2.09 bits per heavy atom. The highest BCUT2D eigenvalue weighted by Crippen LogP contribution is 2.23. The van der Waals surface area contributed by atoms with Crippen LogP contribution in [0.1, 0.15) is 24.2 Å². The number of nitrogens with one attached hydrogen (secondary N) is 1. The van der Waals surface area contributed by atoms with Gasteiger partial charge in [-0.2, -0.15) is 0 Å². The predicted octanol–water partition coefficient (Wildman–Crippen LogP) is 3.33. The second-order valence-electron chi connectivity index (χ2n) is 5.81. The number of nitrogens with zero attached hydrogens (tertiary/aromatic N) is 2. The van der Waals surface area contributed by atoms with Gasteiger partial charge >= 0.3 is 0 Å². The molecular weight excluding hydrogens is 278 g/mol. The van der Waals surface area contributed by atoms with E-state index < -0.39 is 0 Å². The maximum absolute atomic E-state index is 5.75. The SMILES string of the molecule is c1cc(COc2ccc3cc(CN4CCCC4)[nH]c3c2)no1. The predicted molar refractivity (Wildman–Crippen MR) is 83.6 cm³/mol. The zero-order valence-electron chi connectivity index (χ0n) is 12.4. The maximum Gasteiger partial charge on any atom is 0.134 e. The Morgan fingerprint density at radius 1 is 1.18 bits per heavy atom. The number of likely N-dealkylation sites (tertiary alicyclic amines) is 1. The lowest BCUT2D eigenvalue weighted by atomic mass is 10.2. The summed E-state index contributed by atoms with van der Waals surface area (Å²) in [6.45, 7) is 3.84. The fourth-order valence-electron chi connectivity index (χ4n) is 2.99. The number of aromatic amines is 1. The van der Waals surface area contributed by atoms with E-state index >= 15 is 0 Å². The van der Waals surface area contributed by atoms with Crippen LogP contribution in [0, 0.1) is 0 Å². The van der Waals surface area contributed by atoms with E-state index in [1.54, 1.807) is 12.3 Å². The molecule has 114 valence electrons. The third-order valence-electron chi connectivity index (χ3n) is 4.12. The van der Waals surface area contributed by atoms with Crippen molar-refractivity contribution in [3.63, 3.8) is 0 Å². The Labute approximate surface area is 128 Å². The summed E-state index contributed by atoms with van der Waals surface area (Å²) in [5, 5.41) is 5.07. The molecule has 0 bridgehead atoms. The molecule has 0 aliphatic carbocycles. The van der Waals surface area contributed by atoms with Crippen molar-refractivity contribution in [2.75, 3.05) is 13.1 Å². The van der Waals surface area contributed by atoms with Gasteiger partial charge in [0.25, 0.3) is 0 Å². The number of hydrogen-bond acceptors (Lipinski definition) is 4. The minimum Gasteiger partial charge on any atom is -0.487 e. The number of H-pyrrole nitrogens is 1. The van der Waals surface area contributed by atoms with Gasteiger partial charge in [-0.3, -0.25) is 4.90 Å². The lowest BCUT2D eigenvalue weighted by molar-refractivity contribution is 0.289. The Balaban J connectivity index is 1.47. The van der Waals surface area contributed by atoms with Crippen LogP contribution in [0.5, 0.6) is 5.75 Å². The van der Waals surface area contributed by atoms with Crippen LogP contribution in [-0.4, -0.2) is 28.1 Å². The van der Waals surface area contributed by atoms with Gasteiger partial charge in [0.2, 0.25) is 0 Å². The minimum atomic E-state index is 0.420. The van der Waals surface area contributed by atoms with E-state index in [2.05, 4.69) is 27.2 Å². The molecule has 1 aromatic carbocycles. The monoisotopic (exact) mass is 297 g/mol. The molecule has 0 saturated carbocycles. The molecule has 1 aliphatic heterocycles. The lowest BCUT2D eigenvalue weighted by Gasteiger charge is -2.12. The molecule has 22 heavy (non-hydrogen) atoms. The van der Waals surface area contributed by atoms with Gasteiger partial charge in [0.1, 0.15) is 24.3 Å². The molecule has 1 fully saturated rings. The number of benzene rings is 1. The Bertz CT molecular complexity index is 742. The molecule has 3 aromatic rings. The highest BCUT2D eigenvalue weighted by Gasteiger charge is 2.13. The fraction of sp³-hybridized carbons (Fsp3) is 0.353. The molecule has 0 amide bonds. The first-order valence-corrected chi connectivity index (χ1v) is 7.73. The summed E-state index contributed by atoms with van der Waals surface area (Å²) < 4.78 is 10.5. The standard InChI is InChI=1S/C17H19N3O2/c1-2-7-20(6-1)11-15-9-13-3-4-16(10-17(13)18-15)21-12-14-5-8-22-19-14/h3-5,8-10,18H,1-2,6-7,11-12H2. The van der Waals surface area contributed by atoms with E-state index in [4.69, 9.17) is 9.26 Å². The zero-order chi connectivity index (χ0) is 14.8. The fourth-order valence-corrected chi connectivity index (χ4v) is 2.99. The maximum atomic E-state index is 5.75. The summed E-state index contributed by atoms with van der Waals surface area (Å²) in [5.41, 5.74) is 3.18. The topological polar surface area (TPSA) is 54.3 Å². The third kappa shape index (κ3) is 2.85. The molecule has 1 aliphatic rings. The van der Waals surface area contributed by atoms with Gasteiger partial charge < -0.3 is 14.2 Å². The highest BCUT2D eigenvalue weighted by atomic mass is 16.5. The molecule has 4 rings (SSSR count). The van der Waals surface area contributed by atoms with Crippen LogP contribution in [0.3, 0.4) is 0 Å². The van der Waals surface area contributed by atoms with E-state index in [0.29, 0.717) is 6.61 Å². The molecule has 0 spiro atoms. The Hall–Kier alpha value is -2.27. The summed E-state index contributed by atoms with van der Waals surface area (Å²) in [7, 11) is 0. The first kappa shape index (κ1) is 13.4. The zero-order valence-corrected chi connectivity index (χ0v) is 12.4. The van der Waals surface area contributed by atoms with Crippen molar-refractivity contribution < 1.29 is 9.26 Å². The summed E-state index contributed by atoms with van der Waals surface area (Å²) in [4.78, 5) is 5.99. The van der Waals surface area contributed by atoms with Crippen LogP contribution in [-0.2, 0) is 13.2 Å². The van der Waals surface area contributed by atoms with Crippen molar-refractivity contribution in [2.45, 2.75) is 26.0 Å². The number of hydrogen-bond donors (Lipinski definition) is 1. The lowest BCUT2D eigenvalue weighted by Crippen LogP contribution is -2.18. The number of ether oxygens (including phenoxy) is 1. The summed E-state index contributed by atoms with van der Waals surface area (Å²) in [6.07, 6.45) is 4.19. The van der Waals surface area contributed by atoms with Crippen molar-refractivity contribution in [1.29, 1.82) is 0 Å². The van der Waals surface area contributed by atoms with Crippen LogP contribution >= 0.6 is 0 Å². The van der Waals surface area contributed by atoms with Gasteiger partial charge in [0, 0.05) is 29.9 Å². The number of rotatable bonds is 5. The molecule has 5 heteroatoms. The average molecular weight is 297 g/mol. The second-order valence-corrected chi connectivity index (χ2v) is 5.81. The van der Waals surface area contributed by atoms with Crippen molar-refractivity contribution in [2.24, 2.45) is 0 Å². The van der Waals surface area contributed by atoms with Gasteiger partial charge in [-0.1, -0.05) is 5.16 Å². The van der Waals surface area contributed by atoms with Crippen molar-refractivity contribution >= 4 is 10.9 Å². The van der Waals surface area contributed by atoms with Gasteiger partial charge in [0.15, 0.2) is 0 Å². The molecule has 0 radical (unpaired) electrons. The van der Waals surface area contributed by atoms with Crippen LogP contribution in [0.15, 0.2) is 41.1 Å². The van der Waals surface area contributed by atoms with Gasteiger partial charge in [-0.15, -0.1) is 0 Å². The third-order valence-corrected chi connectivity index (χ3v) is 4.12. The van der Waals surface area contributed by atoms with E-state index in [-0.39, 0.29) is 0 Å². The smallest absolute Gasteiger partial charge is 0.134 e. The first-order valence-electron chi connectivity index (χ1n) is 7.73. The number of fused-ring (bicyclic) bond motifs is 1. The van der Waals surface area contributed by atoms with Crippen LogP contribution in [0.25, 0.3) is 10.9 Å². The molecular formula is C17H19N3O2. The summed E-state index contributed by atoms with van der Waals surface area (Å²) in [6, 6.07) is 10.2. The second kappa shape index (κ2) is 5.85.